The number of carboxylic acid groups (broad SMARTS) is 1. The number of unbranched alkanes of at least 4 members (excludes halogenated alkanes) is 1. The molecule has 0 saturated heterocycles. The van der Waals surface area contributed by atoms with Crippen LogP contribution in [0.1, 0.15) is 82.1 Å². The van der Waals surface area contributed by atoms with E-state index in [4.69, 9.17) is 5.11 Å². The Morgan fingerprint density at radius 2 is 1.41 bits per heavy atom. The Bertz CT molecular complexity index is 2850. The molecule has 0 spiro atoms. The van der Waals surface area contributed by atoms with E-state index in [0.717, 1.165) is 11.1 Å². The quantitative estimate of drug-likeness (QED) is 0.0394. The summed E-state index contributed by atoms with van der Waals surface area (Å²) in [5, 5.41) is 9.13. The van der Waals surface area contributed by atoms with Crippen LogP contribution >= 0.6 is 0 Å². The van der Waals surface area contributed by atoms with Crippen LogP contribution in [0.25, 0.3) is 5.57 Å². The Kier molecular flexibility index (Phi) is 16.5. The van der Waals surface area contributed by atoms with Gasteiger partial charge in [0.05, 0.1) is 26.7 Å². The number of hydrogen-bond acceptors (Lipinski definition) is 11. The summed E-state index contributed by atoms with van der Waals surface area (Å²) in [7, 11) is -18.1. The molecule has 0 bridgehead atoms. The van der Waals surface area contributed by atoms with Gasteiger partial charge in [-0.2, -0.15) is 29.8 Å². The molecule has 21 heteroatoms. The van der Waals surface area contributed by atoms with Gasteiger partial charge >= 0.3 is 35.5 Å². The zero-order valence-electron chi connectivity index (χ0n) is 34.6. The number of benzene rings is 3. The van der Waals surface area contributed by atoms with E-state index >= 15 is 0 Å². The van der Waals surface area contributed by atoms with E-state index in [-0.39, 0.29) is 66.8 Å². The van der Waals surface area contributed by atoms with Crippen molar-refractivity contribution < 1.29 is 66.4 Å². The van der Waals surface area contributed by atoms with E-state index in [1.54, 1.807) is 22.8 Å². The summed E-state index contributed by atoms with van der Waals surface area (Å²) < 4.78 is 138. The van der Waals surface area contributed by atoms with Gasteiger partial charge in [-0.25, -0.2) is 8.42 Å². The fourth-order valence-electron chi connectivity index (χ4n) is 8.01. The summed E-state index contributed by atoms with van der Waals surface area (Å²) in [4.78, 5) is 12.2. The van der Waals surface area contributed by atoms with Gasteiger partial charge in [0.2, 0.25) is 5.69 Å². The van der Waals surface area contributed by atoms with E-state index in [2.05, 4.69) is 0 Å². The predicted molar refractivity (Wildman–Crippen MR) is 240 cm³/mol. The Morgan fingerprint density at radius 3 is 2.03 bits per heavy atom. The van der Waals surface area contributed by atoms with Gasteiger partial charge in [0.25, 0.3) is 30.4 Å². The number of aryl methyl sites for hydroxylation is 1. The molecular weight excluding hydrogens is 908 g/mol. The molecule has 5 rings (SSSR count). The fourth-order valence-corrected chi connectivity index (χ4v) is 10.0. The van der Waals surface area contributed by atoms with Crippen molar-refractivity contribution in [2.75, 3.05) is 29.5 Å². The van der Waals surface area contributed by atoms with Crippen molar-refractivity contribution in [2.45, 2.75) is 86.8 Å². The Balaban J connectivity index is 0.00000871. The third-order valence-electron chi connectivity index (χ3n) is 11.1. The second kappa shape index (κ2) is 19.9. The molecule has 4 N–H and O–H groups in total. The number of anilines is 1. The first-order valence-electron chi connectivity index (χ1n) is 19.6. The number of fused-ring (bicyclic) bond motifs is 2. The number of carboxylic acids is 1. The van der Waals surface area contributed by atoms with Crippen LogP contribution in [0.4, 0.5) is 11.4 Å². The molecule has 0 atom stereocenters. The maximum atomic E-state index is 12.2. The Hall–Kier alpha value is -3.54. The average molecular weight is 959 g/mol. The normalized spacial score (nSPS) is 17.0. The van der Waals surface area contributed by atoms with Crippen molar-refractivity contribution in [1.29, 1.82) is 0 Å². The third-order valence-corrected chi connectivity index (χ3v) is 14.4. The van der Waals surface area contributed by atoms with Crippen LogP contribution in [0.15, 0.2) is 100 Å². The van der Waals surface area contributed by atoms with Crippen molar-refractivity contribution in [2.24, 2.45) is 0 Å². The van der Waals surface area contributed by atoms with E-state index in [1.165, 1.54) is 36.4 Å². The summed E-state index contributed by atoms with van der Waals surface area (Å²) in [6.45, 7) is 7.51. The molecule has 2 heterocycles. The molecule has 63 heavy (non-hydrogen) atoms. The number of nitrogens with zero attached hydrogens (tertiary/aromatic N) is 2. The van der Waals surface area contributed by atoms with Gasteiger partial charge in [-0.3, -0.25) is 18.5 Å². The molecule has 3 aromatic carbocycles. The summed E-state index contributed by atoms with van der Waals surface area (Å²) in [6, 6.07) is 15.6. The third kappa shape index (κ3) is 13.1. The maximum absolute atomic E-state index is 12.2. The predicted octanol–water partition coefficient (Wildman–Crippen LogP) is 5.24. The van der Waals surface area contributed by atoms with Crippen molar-refractivity contribution >= 4 is 98.7 Å². The second-order valence-corrected chi connectivity index (χ2v) is 22.3. The molecule has 0 fully saturated rings. The molecule has 0 aromatic heterocycles. The van der Waals surface area contributed by atoms with Gasteiger partial charge in [0.15, 0.2) is 5.71 Å². The van der Waals surface area contributed by atoms with Gasteiger partial charge in [0, 0.05) is 53.9 Å². The molecule has 2 aliphatic rings. The van der Waals surface area contributed by atoms with Crippen molar-refractivity contribution in [3.8, 4) is 0 Å². The monoisotopic (exact) mass is 958 g/mol. The Labute approximate surface area is 391 Å². The number of aliphatic carboxylic acids is 1. The molecule has 16 nitrogen and oxygen atoms in total. The summed E-state index contributed by atoms with van der Waals surface area (Å²) in [5.41, 5.74) is 3.72. The first-order chi connectivity index (χ1) is 28.6. The molecule has 3 aromatic rings. The van der Waals surface area contributed by atoms with Crippen molar-refractivity contribution in [3.05, 3.63) is 113 Å². The van der Waals surface area contributed by atoms with Crippen molar-refractivity contribution in [1.82, 2.24) is 0 Å². The first-order valence-corrected chi connectivity index (χ1v) is 25.6. The zero-order valence-corrected chi connectivity index (χ0v) is 37.8. The first kappa shape index (κ1) is 52.1. The molecular formula is C42H51N2NaO14S4. The summed E-state index contributed by atoms with van der Waals surface area (Å²) >= 11 is 0. The van der Waals surface area contributed by atoms with Gasteiger partial charge in [0.1, 0.15) is 16.7 Å². The van der Waals surface area contributed by atoms with Crippen LogP contribution < -0.4 is 4.90 Å². The van der Waals surface area contributed by atoms with Crippen LogP contribution in [-0.2, 0) is 62.5 Å². The van der Waals surface area contributed by atoms with Gasteiger partial charge < -0.3 is 14.6 Å². The zero-order chi connectivity index (χ0) is 46.1. The number of allylic oxidation sites excluding steroid dienone is 6. The van der Waals surface area contributed by atoms with Crippen LogP contribution in [0.3, 0.4) is 0 Å². The van der Waals surface area contributed by atoms with E-state index < -0.39 is 73.7 Å². The van der Waals surface area contributed by atoms with Crippen LogP contribution in [0, 0.1) is 0 Å². The van der Waals surface area contributed by atoms with Crippen molar-refractivity contribution in [3.63, 3.8) is 0 Å². The van der Waals surface area contributed by atoms with Crippen LogP contribution in [0.5, 0.6) is 0 Å². The van der Waals surface area contributed by atoms with E-state index in [1.807, 2.05) is 62.9 Å². The topological polar surface area (TPSA) is 264 Å². The number of hydrogen-bond donors (Lipinski definition) is 4. The van der Waals surface area contributed by atoms with Crippen LogP contribution in [-0.4, -0.2) is 127 Å². The standard InChI is InChI=1S/C42H50N2O14S4.Na.H/c1-41(2)34-27-32(61(53,54)55)16-18-36(34)43(22-8-24-59(47,48)49)38(41)20-14-30(31-12-7-11-29(26-31)10-5-6-13-40(45)46)15-21-39-42(3,4)35-28-33(62(56,57)58)17-19-37(35)44(39)23-9-25-60(50,51)52;;/h7,11-12,14-21,26-28H,5-6,8-10,13,22-25H2,1-4H3,(H4-,45,46,47,48,49,50,51,52,53,54,55,56,57,58);;. The average Bonchev–Trinajstić information content (AvgIpc) is 3.49. The van der Waals surface area contributed by atoms with Gasteiger partial charge in [-0.15, -0.1) is 0 Å². The van der Waals surface area contributed by atoms with Gasteiger partial charge in [-0.05, 0) is 104 Å². The molecule has 338 valence electrons. The summed E-state index contributed by atoms with van der Waals surface area (Å²) in [5.74, 6) is -1.99. The minimum absolute atomic E-state index is 0. The molecule has 0 amide bonds. The molecule has 0 radical (unpaired) electrons. The van der Waals surface area contributed by atoms with Crippen LogP contribution in [0.2, 0.25) is 0 Å². The van der Waals surface area contributed by atoms with Gasteiger partial charge in [-0.1, -0.05) is 44.2 Å². The Morgan fingerprint density at radius 1 is 0.778 bits per heavy atom. The molecule has 0 unspecified atom stereocenters. The SMILES string of the molecule is CC1(C)C(=CC=C(C=CC2=[N+](CCCS(=O)(=O)O)c3ccc(S(=O)(=O)[O-])cc3C2(C)C)c2cccc(CCCCC(=O)O)c2)N(CCCS(=O)(=O)O)c2ccc(S(=O)(=O)O)cc21.[NaH]. The fraction of sp³-hybridized carbons (Fsp3) is 0.381. The minimum atomic E-state index is -4.84. The van der Waals surface area contributed by atoms with E-state index in [0.29, 0.717) is 58.7 Å². The van der Waals surface area contributed by atoms with E-state index in [9.17, 15) is 56.7 Å². The second-order valence-electron chi connectivity index (χ2n) is 16.3. The summed E-state index contributed by atoms with van der Waals surface area (Å²) in [6.07, 6.45) is 8.87. The molecule has 0 aliphatic carbocycles. The number of carbonyl (C=O) groups is 1. The molecule has 2 aliphatic heterocycles. The molecule has 0 saturated carbocycles. The number of rotatable bonds is 19.